The van der Waals surface area contributed by atoms with Crippen molar-refractivity contribution in [3.63, 3.8) is 0 Å². The Morgan fingerprint density at radius 3 is 2.94 bits per heavy atom. The van der Waals surface area contributed by atoms with E-state index in [4.69, 9.17) is 4.74 Å². The highest BCUT2D eigenvalue weighted by atomic mass is 79.9. The molecule has 2 fully saturated rings. The van der Waals surface area contributed by atoms with Gasteiger partial charge in [-0.3, -0.25) is 4.90 Å². The van der Waals surface area contributed by atoms with Crippen molar-refractivity contribution in [1.82, 2.24) is 4.90 Å². The van der Waals surface area contributed by atoms with Crippen LogP contribution in [0.1, 0.15) is 24.8 Å². The van der Waals surface area contributed by atoms with Gasteiger partial charge in [0.25, 0.3) is 0 Å². The van der Waals surface area contributed by atoms with Gasteiger partial charge in [0.15, 0.2) is 0 Å². The summed E-state index contributed by atoms with van der Waals surface area (Å²) in [5.41, 5.74) is 1.30. The van der Waals surface area contributed by atoms with Crippen molar-refractivity contribution in [2.45, 2.75) is 31.8 Å². The van der Waals surface area contributed by atoms with Crippen LogP contribution in [0.3, 0.4) is 0 Å². The number of halogens is 1. The van der Waals surface area contributed by atoms with Gasteiger partial charge in [-0.15, -0.1) is 0 Å². The maximum Gasteiger partial charge on any atom is 0.123 e. The van der Waals surface area contributed by atoms with Crippen LogP contribution in [-0.2, 0) is 6.54 Å². The number of benzene rings is 1. The molecule has 1 heterocycles. The Kier molecular flexibility index (Phi) is 3.14. The Labute approximate surface area is 111 Å². The fraction of sp³-hybridized carbons (Fsp3) is 0.571. The monoisotopic (exact) mass is 295 g/mol. The molecule has 2 aliphatic rings. The molecular weight excluding hydrogens is 278 g/mol. The lowest BCUT2D eigenvalue weighted by atomic mass is 10.1. The predicted octanol–water partition coefficient (Wildman–Crippen LogP) is 3.44. The molecule has 1 saturated carbocycles. The summed E-state index contributed by atoms with van der Waals surface area (Å²) in [4.78, 5) is 2.62. The molecular formula is C14H18BrNO. The van der Waals surface area contributed by atoms with E-state index in [1.54, 1.807) is 7.11 Å². The summed E-state index contributed by atoms with van der Waals surface area (Å²) >= 11 is 3.54. The lowest BCUT2D eigenvalue weighted by Gasteiger charge is -2.27. The van der Waals surface area contributed by atoms with E-state index in [9.17, 15) is 0 Å². The molecule has 2 atom stereocenters. The lowest BCUT2D eigenvalue weighted by Crippen LogP contribution is -2.31. The first kappa shape index (κ1) is 11.5. The molecule has 17 heavy (non-hydrogen) atoms. The number of likely N-dealkylation sites (tertiary alicyclic amines) is 1. The highest BCUT2D eigenvalue weighted by Crippen LogP contribution is 2.39. The molecule has 3 heteroatoms. The van der Waals surface area contributed by atoms with Gasteiger partial charge in [-0.2, -0.15) is 0 Å². The summed E-state index contributed by atoms with van der Waals surface area (Å²) in [5.74, 6) is 1.97. The van der Waals surface area contributed by atoms with Crippen LogP contribution in [-0.4, -0.2) is 24.6 Å². The van der Waals surface area contributed by atoms with Crippen LogP contribution in [0.25, 0.3) is 0 Å². The van der Waals surface area contributed by atoms with Crippen molar-refractivity contribution in [2.24, 2.45) is 5.92 Å². The summed E-state index contributed by atoms with van der Waals surface area (Å²) in [6.07, 6.45) is 4.24. The van der Waals surface area contributed by atoms with Crippen molar-refractivity contribution in [3.8, 4) is 5.75 Å². The zero-order chi connectivity index (χ0) is 11.8. The predicted molar refractivity (Wildman–Crippen MR) is 72.2 cm³/mol. The average Bonchev–Trinajstić information content (AvgIpc) is 2.91. The van der Waals surface area contributed by atoms with Crippen LogP contribution in [0.5, 0.6) is 5.75 Å². The smallest absolute Gasteiger partial charge is 0.123 e. The molecule has 92 valence electrons. The van der Waals surface area contributed by atoms with Crippen molar-refractivity contribution in [1.29, 1.82) is 0 Å². The summed E-state index contributed by atoms with van der Waals surface area (Å²) in [6.45, 7) is 2.31. The highest BCUT2D eigenvalue weighted by molar-refractivity contribution is 9.10. The van der Waals surface area contributed by atoms with Crippen LogP contribution in [0.2, 0.25) is 0 Å². The van der Waals surface area contributed by atoms with Crippen molar-refractivity contribution in [3.05, 3.63) is 28.2 Å². The minimum Gasteiger partial charge on any atom is -0.496 e. The van der Waals surface area contributed by atoms with Crippen LogP contribution >= 0.6 is 15.9 Å². The van der Waals surface area contributed by atoms with Gasteiger partial charge in [-0.25, -0.2) is 0 Å². The van der Waals surface area contributed by atoms with Gasteiger partial charge in [-0.1, -0.05) is 15.9 Å². The molecule has 1 aromatic rings. The normalized spacial score (nSPS) is 27.6. The number of nitrogens with zero attached hydrogens (tertiary/aromatic N) is 1. The van der Waals surface area contributed by atoms with Crippen molar-refractivity contribution < 1.29 is 4.74 Å². The van der Waals surface area contributed by atoms with Crippen molar-refractivity contribution in [2.75, 3.05) is 13.7 Å². The summed E-state index contributed by atoms with van der Waals surface area (Å²) in [5, 5.41) is 0. The van der Waals surface area contributed by atoms with Crippen LogP contribution in [0, 0.1) is 5.92 Å². The van der Waals surface area contributed by atoms with E-state index >= 15 is 0 Å². The molecule has 1 aliphatic carbocycles. The van der Waals surface area contributed by atoms with E-state index in [-0.39, 0.29) is 0 Å². The molecule has 3 rings (SSSR count). The number of hydrogen-bond acceptors (Lipinski definition) is 2. The molecule has 2 nitrogen and oxygen atoms in total. The van der Waals surface area contributed by atoms with E-state index in [2.05, 4.69) is 26.9 Å². The standard InChI is InChI=1S/C14H18BrNO/c1-17-14-5-3-12(15)7-11(14)9-16-8-10-2-4-13(16)6-10/h3,5,7,10,13H,2,4,6,8-9H2,1H3. The van der Waals surface area contributed by atoms with E-state index in [0.717, 1.165) is 28.7 Å². The van der Waals surface area contributed by atoms with E-state index in [0.29, 0.717) is 0 Å². The Bertz CT molecular complexity index is 421. The molecule has 0 spiro atoms. The average molecular weight is 296 g/mol. The molecule has 0 aromatic heterocycles. The third-order valence-corrected chi connectivity index (χ3v) is 4.63. The van der Waals surface area contributed by atoms with Crippen LogP contribution in [0.4, 0.5) is 0 Å². The van der Waals surface area contributed by atoms with Gasteiger partial charge in [0.2, 0.25) is 0 Å². The number of piperidine rings is 1. The maximum atomic E-state index is 5.44. The molecule has 0 radical (unpaired) electrons. The quantitative estimate of drug-likeness (QED) is 0.847. The Hall–Kier alpha value is -0.540. The number of hydrogen-bond donors (Lipinski definition) is 0. The number of ether oxygens (including phenoxy) is 1. The van der Waals surface area contributed by atoms with E-state index < -0.39 is 0 Å². The van der Waals surface area contributed by atoms with Gasteiger partial charge >= 0.3 is 0 Å². The zero-order valence-corrected chi connectivity index (χ0v) is 11.7. The van der Waals surface area contributed by atoms with Gasteiger partial charge in [0.1, 0.15) is 5.75 Å². The zero-order valence-electron chi connectivity index (χ0n) is 10.2. The summed E-state index contributed by atoms with van der Waals surface area (Å²) < 4.78 is 6.58. The van der Waals surface area contributed by atoms with Gasteiger partial charge in [0, 0.05) is 29.2 Å². The van der Waals surface area contributed by atoms with Gasteiger partial charge in [-0.05, 0) is 43.4 Å². The molecule has 1 saturated heterocycles. The van der Waals surface area contributed by atoms with Gasteiger partial charge in [0.05, 0.1) is 7.11 Å². The Balaban J connectivity index is 1.78. The topological polar surface area (TPSA) is 12.5 Å². The lowest BCUT2D eigenvalue weighted by molar-refractivity contribution is 0.203. The minimum absolute atomic E-state index is 0.823. The number of fused-ring (bicyclic) bond motifs is 2. The second-order valence-corrected chi connectivity index (χ2v) is 6.13. The van der Waals surface area contributed by atoms with E-state index in [1.165, 1.54) is 31.4 Å². The van der Waals surface area contributed by atoms with Crippen LogP contribution in [0.15, 0.2) is 22.7 Å². The maximum absolute atomic E-state index is 5.44. The summed E-state index contributed by atoms with van der Waals surface area (Å²) in [6, 6.07) is 7.10. The number of rotatable bonds is 3. The first-order chi connectivity index (χ1) is 8.26. The molecule has 1 aromatic carbocycles. The second kappa shape index (κ2) is 4.62. The van der Waals surface area contributed by atoms with Gasteiger partial charge < -0.3 is 4.74 Å². The van der Waals surface area contributed by atoms with Crippen LogP contribution < -0.4 is 4.74 Å². The third kappa shape index (κ3) is 2.23. The van der Waals surface area contributed by atoms with E-state index in [1.807, 2.05) is 12.1 Å². The number of methoxy groups -OCH3 is 1. The summed E-state index contributed by atoms with van der Waals surface area (Å²) in [7, 11) is 1.75. The highest BCUT2D eigenvalue weighted by Gasteiger charge is 2.37. The third-order valence-electron chi connectivity index (χ3n) is 4.14. The molecule has 0 N–H and O–H groups in total. The first-order valence-corrected chi connectivity index (χ1v) is 7.12. The second-order valence-electron chi connectivity index (χ2n) is 5.22. The molecule has 2 bridgehead atoms. The Morgan fingerprint density at radius 2 is 2.29 bits per heavy atom. The SMILES string of the molecule is COc1ccc(Br)cc1CN1CC2CCC1C2. The Morgan fingerprint density at radius 1 is 1.41 bits per heavy atom. The minimum atomic E-state index is 0.823. The van der Waals surface area contributed by atoms with Crippen molar-refractivity contribution >= 4 is 15.9 Å². The molecule has 1 aliphatic heterocycles. The fourth-order valence-corrected chi connectivity index (χ4v) is 3.72. The largest absolute Gasteiger partial charge is 0.496 e. The molecule has 2 unspecified atom stereocenters. The first-order valence-electron chi connectivity index (χ1n) is 6.32. The molecule has 0 amide bonds. The fourth-order valence-electron chi connectivity index (χ4n) is 3.31.